The van der Waals surface area contributed by atoms with Crippen LogP contribution in [0.15, 0.2) is 48.8 Å². The summed E-state index contributed by atoms with van der Waals surface area (Å²) in [7, 11) is 0. The molecule has 134 valence electrons. The van der Waals surface area contributed by atoms with E-state index in [2.05, 4.69) is 33.0 Å². The molecule has 6 N–H and O–H groups in total. The van der Waals surface area contributed by atoms with Gasteiger partial charge >= 0.3 is 0 Å². The topological polar surface area (TPSA) is 136 Å². The molecule has 1 aliphatic rings. The normalized spacial score (nSPS) is 19.0. The molecule has 0 saturated carbocycles. The third-order valence-electron chi connectivity index (χ3n) is 4.54. The van der Waals surface area contributed by atoms with Crippen LogP contribution in [0.25, 0.3) is 0 Å². The first kappa shape index (κ1) is 17.7. The second kappa shape index (κ2) is 7.85. The number of carbonyl (C=O) groups excluding carboxylic acids is 2. The monoisotopic (exact) mass is 352 g/mol. The highest BCUT2D eigenvalue weighted by atomic mass is 16.2. The van der Waals surface area contributed by atoms with Crippen LogP contribution in [0.3, 0.4) is 0 Å². The Kier molecular flexibility index (Phi) is 5.35. The number of hydrazine groups is 2. The molecule has 2 unspecified atom stereocenters. The number of aromatic nitrogens is 2. The van der Waals surface area contributed by atoms with Gasteiger partial charge in [-0.25, -0.2) is 11.7 Å². The van der Waals surface area contributed by atoms with Crippen molar-refractivity contribution in [3.05, 3.63) is 71.3 Å². The summed E-state index contributed by atoms with van der Waals surface area (Å²) in [5, 5.41) is 0. The van der Waals surface area contributed by atoms with Crippen LogP contribution in [-0.2, 0) is 0 Å². The zero-order valence-corrected chi connectivity index (χ0v) is 14.1. The first-order valence-corrected chi connectivity index (χ1v) is 8.22. The lowest BCUT2D eigenvalue weighted by molar-refractivity contribution is 0.0945. The Morgan fingerprint density at radius 1 is 0.846 bits per heavy atom. The Labute approximate surface area is 150 Å². The molecule has 0 fully saturated rings. The fourth-order valence-electron chi connectivity index (χ4n) is 3.22. The second-order valence-electron chi connectivity index (χ2n) is 6.04. The maximum Gasteiger partial charge on any atom is 0.265 e. The minimum atomic E-state index is -0.365. The first-order chi connectivity index (χ1) is 12.6. The van der Waals surface area contributed by atoms with Crippen molar-refractivity contribution in [2.24, 2.45) is 11.7 Å². The molecule has 0 saturated heterocycles. The minimum Gasteiger partial charge on any atom is -0.290 e. The summed E-state index contributed by atoms with van der Waals surface area (Å²) in [4.78, 5) is 32.5. The van der Waals surface area contributed by atoms with Crippen molar-refractivity contribution in [2.75, 3.05) is 0 Å². The van der Waals surface area contributed by atoms with E-state index in [1.807, 2.05) is 0 Å². The Morgan fingerprint density at radius 2 is 1.27 bits per heavy atom. The standard InChI is InChI=1S/C18H20N6O2/c19-23-17(25)11-5-7-21-15(9-11)13-3-1-2-4-14(13)16-10-12(6-8-22-16)18(26)24-20/h1-2,5-10,13-14H,3-4,19-20H2,(H,23,25)(H,24,26). The van der Waals surface area contributed by atoms with E-state index in [0.29, 0.717) is 11.1 Å². The maximum absolute atomic E-state index is 11.8. The predicted octanol–water partition coefficient (Wildman–Crippen LogP) is 0.901. The number of nitrogens with one attached hydrogen (secondary N) is 2. The van der Waals surface area contributed by atoms with Crippen LogP contribution in [0.1, 0.15) is 56.8 Å². The van der Waals surface area contributed by atoms with Crippen LogP contribution >= 0.6 is 0 Å². The number of nitrogens with two attached hydrogens (primary N) is 2. The van der Waals surface area contributed by atoms with E-state index < -0.39 is 0 Å². The lowest BCUT2D eigenvalue weighted by Gasteiger charge is -2.28. The zero-order chi connectivity index (χ0) is 18.5. The SMILES string of the molecule is NNC(=O)c1ccnc(C2CC=CCC2c2cc(C(=O)NN)ccn2)c1. The molecule has 8 nitrogen and oxygen atoms in total. The summed E-state index contributed by atoms with van der Waals surface area (Å²) in [5.41, 5.74) is 6.75. The van der Waals surface area contributed by atoms with E-state index in [4.69, 9.17) is 11.7 Å². The van der Waals surface area contributed by atoms with Crippen molar-refractivity contribution in [1.82, 2.24) is 20.8 Å². The molecule has 2 heterocycles. The van der Waals surface area contributed by atoms with E-state index in [9.17, 15) is 9.59 Å². The summed E-state index contributed by atoms with van der Waals surface area (Å²) < 4.78 is 0. The molecule has 2 aromatic heterocycles. The molecule has 0 spiro atoms. The van der Waals surface area contributed by atoms with Crippen molar-refractivity contribution in [3.8, 4) is 0 Å². The fraction of sp³-hybridized carbons (Fsp3) is 0.222. The Morgan fingerprint density at radius 3 is 1.65 bits per heavy atom. The number of nitrogen functional groups attached to an aromatic ring is 2. The smallest absolute Gasteiger partial charge is 0.265 e. The van der Waals surface area contributed by atoms with Crippen molar-refractivity contribution < 1.29 is 9.59 Å². The van der Waals surface area contributed by atoms with Gasteiger partial charge in [-0.05, 0) is 37.1 Å². The molecule has 26 heavy (non-hydrogen) atoms. The van der Waals surface area contributed by atoms with Gasteiger partial charge < -0.3 is 0 Å². The quantitative estimate of drug-likeness (QED) is 0.279. The van der Waals surface area contributed by atoms with Gasteiger partial charge in [-0.3, -0.25) is 30.4 Å². The second-order valence-corrected chi connectivity index (χ2v) is 6.04. The Hall–Kier alpha value is -3.10. The van der Waals surface area contributed by atoms with Crippen molar-refractivity contribution in [2.45, 2.75) is 24.7 Å². The van der Waals surface area contributed by atoms with E-state index in [-0.39, 0.29) is 23.7 Å². The summed E-state index contributed by atoms with van der Waals surface area (Å²) in [6.45, 7) is 0. The highest BCUT2D eigenvalue weighted by Crippen LogP contribution is 2.40. The molecule has 0 aromatic carbocycles. The van der Waals surface area contributed by atoms with Crippen LogP contribution in [0.2, 0.25) is 0 Å². The molecule has 0 aliphatic heterocycles. The lowest BCUT2D eigenvalue weighted by Crippen LogP contribution is -2.30. The van der Waals surface area contributed by atoms with Crippen LogP contribution in [0, 0.1) is 0 Å². The summed E-state index contributed by atoms with van der Waals surface area (Å²) in [6.07, 6.45) is 8.91. The number of nitrogens with zero attached hydrogens (tertiary/aromatic N) is 2. The molecular formula is C18H20N6O2. The lowest BCUT2D eigenvalue weighted by atomic mass is 9.78. The molecular weight excluding hydrogens is 332 g/mol. The number of carbonyl (C=O) groups is 2. The molecule has 1 aliphatic carbocycles. The minimum absolute atomic E-state index is 0.0363. The number of allylic oxidation sites excluding steroid dienone is 2. The highest BCUT2D eigenvalue weighted by Gasteiger charge is 2.28. The molecule has 0 radical (unpaired) electrons. The average molecular weight is 352 g/mol. The third-order valence-corrected chi connectivity index (χ3v) is 4.54. The van der Waals surface area contributed by atoms with Gasteiger partial charge in [-0.1, -0.05) is 12.2 Å². The van der Waals surface area contributed by atoms with Crippen molar-refractivity contribution in [1.29, 1.82) is 0 Å². The molecule has 8 heteroatoms. The number of hydrogen-bond acceptors (Lipinski definition) is 6. The van der Waals surface area contributed by atoms with E-state index >= 15 is 0 Å². The van der Waals surface area contributed by atoms with Crippen molar-refractivity contribution >= 4 is 11.8 Å². The van der Waals surface area contributed by atoms with Gasteiger partial charge in [-0.2, -0.15) is 0 Å². The highest BCUT2D eigenvalue weighted by molar-refractivity contribution is 5.94. The molecule has 3 rings (SSSR count). The first-order valence-electron chi connectivity index (χ1n) is 8.22. The van der Waals surface area contributed by atoms with Crippen LogP contribution in [-0.4, -0.2) is 21.8 Å². The largest absolute Gasteiger partial charge is 0.290 e. The third kappa shape index (κ3) is 3.61. The zero-order valence-electron chi connectivity index (χ0n) is 14.1. The molecule has 2 atom stereocenters. The van der Waals surface area contributed by atoms with Crippen LogP contribution in [0.5, 0.6) is 0 Å². The Bertz CT molecular complexity index is 782. The molecule has 2 amide bonds. The van der Waals surface area contributed by atoms with Gasteiger partial charge in [0, 0.05) is 46.7 Å². The number of pyridine rings is 2. The number of rotatable bonds is 4. The number of amides is 2. The van der Waals surface area contributed by atoms with E-state index in [1.54, 1.807) is 36.7 Å². The summed E-state index contributed by atoms with van der Waals surface area (Å²) >= 11 is 0. The van der Waals surface area contributed by atoms with Gasteiger partial charge in [0.05, 0.1) is 0 Å². The summed E-state index contributed by atoms with van der Waals surface area (Å²) in [5.74, 6) is 9.78. The predicted molar refractivity (Wildman–Crippen MR) is 95.6 cm³/mol. The van der Waals surface area contributed by atoms with Gasteiger partial charge in [0.15, 0.2) is 0 Å². The maximum atomic E-state index is 11.8. The molecule has 2 aromatic rings. The van der Waals surface area contributed by atoms with Gasteiger partial charge in [0.2, 0.25) is 0 Å². The van der Waals surface area contributed by atoms with Crippen LogP contribution in [0.4, 0.5) is 0 Å². The average Bonchev–Trinajstić information content (AvgIpc) is 2.72. The van der Waals surface area contributed by atoms with Gasteiger partial charge in [0.25, 0.3) is 11.8 Å². The molecule has 0 bridgehead atoms. The Balaban J connectivity index is 1.96. The van der Waals surface area contributed by atoms with Crippen LogP contribution < -0.4 is 22.5 Å². The van der Waals surface area contributed by atoms with E-state index in [0.717, 1.165) is 24.2 Å². The van der Waals surface area contributed by atoms with Gasteiger partial charge in [0.1, 0.15) is 0 Å². The van der Waals surface area contributed by atoms with Crippen molar-refractivity contribution in [3.63, 3.8) is 0 Å². The number of hydrogen-bond donors (Lipinski definition) is 4. The van der Waals surface area contributed by atoms with E-state index in [1.165, 1.54) is 0 Å². The fourth-order valence-corrected chi connectivity index (χ4v) is 3.22. The van der Waals surface area contributed by atoms with Gasteiger partial charge in [-0.15, -0.1) is 0 Å². The summed E-state index contributed by atoms with van der Waals surface area (Å²) in [6, 6.07) is 6.72.